The number of amidine groups is 1. The second-order valence-corrected chi connectivity index (χ2v) is 2.44. The maximum Gasteiger partial charge on any atom is 0.143 e. The number of hydrogen-bond donors (Lipinski definition) is 3. The fraction of sp³-hybridized carbons (Fsp3) is 0. The Hall–Kier alpha value is -1.29. The first-order valence-electron chi connectivity index (χ1n) is 2.86. The fourth-order valence-corrected chi connectivity index (χ4v) is 0.846. The first-order valence-corrected chi connectivity index (χ1v) is 3.24. The van der Waals surface area contributed by atoms with E-state index >= 15 is 0 Å². The summed E-state index contributed by atoms with van der Waals surface area (Å²) in [6, 6.07) is 1.51. The van der Waals surface area contributed by atoms with Crippen molar-refractivity contribution >= 4 is 23.1 Å². The molecule has 5 N–H and O–H groups in total. The molecule has 0 aliphatic heterocycles. The second kappa shape index (κ2) is 2.75. The second-order valence-electron chi connectivity index (χ2n) is 2.01. The molecule has 0 radical (unpaired) electrons. The molecule has 0 saturated heterocycles. The summed E-state index contributed by atoms with van der Waals surface area (Å²) >= 11 is 5.57. The van der Waals surface area contributed by atoms with Gasteiger partial charge in [-0.25, -0.2) is 4.98 Å². The van der Waals surface area contributed by atoms with Crippen LogP contribution in [-0.4, -0.2) is 10.8 Å². The molecule has 0 saturated carbocycles. The van der Waals surface area contributed by atoms with Gasteiger partial charge in [0.25, 0.3) is 0 Å². The van der Waals surface area contributed by atoms with E-state index in [1.807, 2.05) is 0 Å². The molecule has 0 aliphatic rings. The van der Waals surface area contributed by atoms with Crippen molar-refractivity contribution in [1.82, 2.24) is 4.98 Å². The summed E-state index contributed by atoms with van der Waals surface area (Å²) in [7, 11) is 0. The van der Waals surface area contributed by atoms with Crippen molar-refractivity contribution in [2.75, 3.05) is 5.73 Å². The van der Waals surface area contributed by atoms with E-state index in [4.69, 9.17) is 28.5 Å². The largest absolute Gasteiger partial charge is 0.397 e. The highest BCUT2D eigenvalue weighted by Gasteiger charge is 2.03. The van der Waals surface area contributed by atoms with Crippen LogP contribution < -0.4 is 11.5 Å². The zero-order chi connectivity index (χ0) is 8.43. The number of nitrogens with one attached hydrogen (secondary N) is 1. The average molecular weight is 171 g/mol. The van der Waals surface area contributed by atoms with Crippen molar-refractivity contribution in [2.45, 2.75) is 0 Å². The van der Waals surface area contributed by atoms with Gasteiger partial charge in [-0.1, -0.05) is 11.6 Å². The molecule has 0 spiro atoms. The quantitative estimate of drug-likeness (QED) is 0.426. The standard InChI is InChI=1S/C6H7ClN4/c7-3-1-4(8)5(6(9)10)11-2-3/h1-2H,8H2,(H3,9,10). The van der Waals surface area contributed by atoms with E-state index in [-0.39, 0.29) is 11.5 Å². The first kappa shape index (κ1) is 7.81. The zero-order valence-electron chi connectivity index (χ0n) is 5.63. The van der Waals surface area contributed by atoms with Crippen molar-refractivity contribution < 1.29 is 0 Å². The smallest absolute Gasteiger partial charge is 0.143 e. The van der Waals surface area contributed by atoms with Crippen LogP contribution in [0, 0.1) is 5.41 Å². The van der Waals surface area contributed by atoms with Gasteiger partial charge in [0.05, 0.1) is 10.7 Å². The Bertz CT molecular complexity index is 297. The van der Waals surface area contributed by atoms with Gasteiger partial charge in [0, 0.05) is 6.20 Å². The molecule has 11 heavy (non-hydrogen) atoms. The van der Waals surface area contributed by atoms with Gasteiger partial charge in [-0.2, -0.15) is 0 Å². The summed E-state index contributed by atoms with van der Waals surface area (Å²) in [6.45, 7) is 0. The highest BCUT2D eigenvalue weighted by molar-refractivity contribution is 6.30. The molecule has 0 amide bonds. The molecule has 1 aromatic rings. The fourth-order valence-electron chi connectivity index (χ4n) is 0.680. The molecule has 0 fully saturated rings. The molecule has 0 aromatic carbocycles. The Labute approximate surface area is 68.7 Å². The Morgan fingerprint density at radius 3 is 2.73 bits per heavy atom. The van der Waals surface area contributed by atoms with Crippen LogP contribution in [0.15, 0.2) is 12.3 Å². The first-order chi connectivity index (χ1) is 5.11. The summed E-state index contributed by atoms with van der Waals surface area (Å²) in [5.74, 6) is -0.154. The van der Waals surface area contributed by atoms with Crippen molar-refractivity contribution in [3.63, 3.8) is 0 Å². The number of nitrogens with two attached hydrogens (primary N) is 2. The molecule has 4 nitrogen and oxygen atoms in total. The lowest BCUT2D eigenvalue weighted by Gasteiger charge is -2.00. The number of halogens is 1. The Balaban J connectivity index is 3.20. The summed E-state index contributed by atoms with van der Waals surface area (Å²) < 4.78 is 0. The third-order valence-corrected chi connectivity index (χ3v) is 1.35. The van der Waals surface area contributed by atoms with Crippen LogP contribution in [0.1, 0.15) is 5.69 Å². The molecule has 1 aromatic heterocycles. The van der Waals surface area contributed by atoms with Gasteiger partial charge in [-0.15, -0.1) is 0 Å². The number of nitrogen functional groups attached to an aromatic ring is 2. The van der Waals surface area contributed by atoms with E-state index in [9.17, 15) is 0 Å². The van der Waals surface area contributed by atoms with Gasteiger partial charge in [0.15, 0.2) is 0 Å². The SMILES string of the molecule is N=C(N)c1ncc(Cl)cc1N. The van der Waals surface area contributed by atoms with Crippen LogP contribution in [0.2, 0.25) is 5.02 Å². The number of rotatable bonds is 1. The van der Waals surface area contributed by atoms with E-state index < -0.39 is 0 Å². The van der Waals surface area contributed by atoms with Crippen LogP contribution in [0.3, 0.4) is 0 Å². The molecule has 1 heterocycles. The lowest BCUT2D eigenvalue weighted by atomic mass is 10.3. The third kappa shape index (κ3) is 1.59. The van der Waals surface area contributed by atoms with Gasteiger partial charge >= 0.3 is 0 Å². The van der Waals surface area contributed by atoms with Gasteiger partial charge in [-0.3, -0.25) is 5.41 Å². The predicted molar refractivity (Wildman–Crippen MR) is 44.7 cm³/mol. The number of hydrogen-bond acceptors (Lipinski definition) is 3. The number of aromatic nitrogens is 1. The molecular weight excluding hydrogens is 164 g/mol. The van der Waals surface area contributed by atoms with E-state index in [2.05, 4.69) is 4.98 Å². The molecule has 58 valence electrons. The van der Waals surface area contributed by atoms with Gasteiger partial charge in [0.2, 0.25) is 0 Å². The summed E-state index contributed by atoms with van der Waals surface area (Å²) in [6.07, 6.45) is 1.40. The molecule has 1 rings (SSSR count). The minimum Gasteiger partial charge on any atom is -0.397 e. The van der Waals surface area contributed by atoms with E-state index in [1.165, 1.54) is 12.3 Å². The van der Waals surface area contributed by atoms with Gasteiger partial charge < -0.3 is 11.5 Å². The third-order valence-electron chi connectivity index (χ3n) is 1.14. The zero-order valence-corrected chi connectivity index (χ0v) is 6.39. The highest BCUT2D eigenvalue weighted by Crippen LogP contribution is 2.13. The Morgan fingerprint density at radius 1 is 1.64 bits per heavy atom. The van der Waals surface area contributed by atoms with Crippen molar-refractivity contribution in [3.8, 4) is 0 Å². The maximum absolute atomic E-state index is 7.04. The van der Waals surface area contributed by atoms with Crippen molar-refractivity contribution in [1.29, 1.82) is 5.41 Å². The van der Waals surface area contributed by atoms with E-state index in [0.29, 0.717) is 10.7 Å². The Kier molecular flexibility index (Phi) is 1.96. The monoisotopic (exact) mass is 170 g/mol. The lowest BCUT2D eigenvalue weighted by molar-refractivity contribution is 1.26. The molecule has 0 atom stereocenters. The highest BCUT2D eigenvalue weighted by atomic mass is 35.5. The normalized spacial score (nSPS) is 9.55. The molecular formula is C6H7ClN4. The summed E-state index contributed by atoms with van der Waals surface area (Å²) in [5.41, 5.74) is 11.2. The van der Waals surface area contributed by atoms with Gasteiger partial charge in [0.1, 0.15) is 11.5 Å². The van der Waals surface area contributed by atoms with Crippen LogP contribution in [0.25, 0.3) is 0 Å². The topological polar surface area (TPSA) is 88.8 Å². The van der Waals surface area contributed by atoms with E-state index in [0.717, 1.165) is 0 Å². The van der Waals surface area contributed by atoms with E-state index in [1.54, 1.807) is 0 Å². The molecule has 0 bridgehead atoms. The summed E-state index contributed by atoms with van der Waals surface area (Å²) in [5, 5.41) is 7.48. The molecule has 5 heteroatoms. The molecule has 0 aliphatic carbocycles. The number of nitrogens with zero attached hydrogens (tertiary/aromatic N) is 1. The Morgan fingerprint density at radius 2 is 2.27 bits per heavy atom. The molecule has 0 unspecified atom stereocenters. The van der Waals surface area contributed by atoms with Crippen LogP contribution in [0.4, 0.5) is 5.69 Å². The van der Waals surface area contributed by atoms with Crippen LogP contribution >= 0.6 is 11.6 Å². The van der Waals surface area contributed by atoms with Crippen molar-refractivity contribution in [3.05, 3.63) is 23.0 Å². The lowest BCUT2D eigenvalue weighted by Crippen LogP contribution is -2.15. The van der Waals surface area contributed by atoms with Crippen molar-refractivity contribution in [2.24, 2.45) is 5.73 Å². The van der Waals surface area contributed by atoms with Crippen LogP contribution in [0.5, 0.6) is 0 Å². The number of pyridine rings is 1. The average Bonchev–Trinajstić information content (AvgIpc) is 1.85. The number of anilines is 1. The maximum atomic E-state index is 7.04. The minimum absolute atomic E-state index is 0.154. The predicted octanol–water partition coefficient (Wildman–Crippen LogP) is 0.601. The van der Waals surface area contributed by atoms with Gasteiger partial charge in [-0.05, 0) is 6.07 Å². The van der Waals surface area contributed by atoms with Crippen LogP contribution in [-0.2, 0) is 0 Å². The minimum atomic E-state index is -0.154. The summed E-state index contributed by atoms with van der Waals surface area (Å²) in [4.78, 5) is 3.77.